The zero-order chi connectivity index (χ0) is 23.1. The molecule has 33 heavy (non-hydrogen) atoms. The molecular weight excluding hydrogens is 456 g/mol. The number of benzene rings is 2. The van der Waals surface area contributed by atoms with E-state index in [4.69, 9.17) is 17.0 Å². The van der Waals surface area contributed by atoms with E-state index in [1.165, 1.54) is 9.87 Å². The number of nitrogens with one attached hydrogen (secondary N) is 1. The molecule has 0 saturated carbocycles. The fourth-order valence-electron chi connectivity index (χ4n) is 3.88. The van der Waals surface area contributed by atoms with Crippen molar-refractivity contribution in [1.29, 1.82) is 0 Å². The van der Waals surface area contributed by atoms with Gasteiger partial charge in [0.1, 0.15) is 0 Å². The number of hydrogen-bond acceptors (Lipinski definition) is 5. The summed E-state index contributed by atoms with van der Waals surface area (Å²) < 4.78 is 32.2. The monoisotopic (exact) mass is 486 g/mol. The molecule has 2 heterocycles. The third-order valence-electron chi connectivity index (χ3n) is 5.85. The van der Waals surface area contributed by atoms with Gasteiger partial charge in [0, 0.05) is 51.5 Å². The van der Waals surface area contributed by atoms with Crippen LogP contribution in [0.15, 0.2) is 65.6 Å². The van der Waals surface area contributed by atoms with Crippen molar-refractivity contribution in [2.45, 2.75) is 4.90 Å². The van der Waals surface area contributed by atoms with E-state index in [0.717, 1.165) is 38.4 Å². The van der Waals surface area contributed by atoms with Gasteiger partial charge in [-0.15, -0.1) is 0 Å². The Morgan fingerprint density at radius 3 is 2.27 bits per heavy atom. The van der Waals surface area contributed by atoms with Crippen LogP contribution in [-0.2, 0) is 14.8 Å². The number of rotatable bonds is 6. The van der Waals surface area contributed by atoms with Crippen LogP contribution >= 0.6 is 12.2 Å². The molecule has 2 aromatic rings. The van der Waals surface area contributed by atoms with Gasteiger partial charge < -0.3 is 15.0 Å². The number of nitrogens with zero attached hydrogens (tertiary/aromatic N) is 3. The second-order valence-corrected chi connectivity index (χ2v) is 10.4. The third kappa shape index (κ3) is 6.39. The van der Waals surface area contributed by atoms with Crippen molar-refractivity contribution in [3.8, 4) is 0 Å². The number of hydrogen-bond donors (Lipinski definition) is 1. The number of thiocarbonyl (C=S) groups is 1. The molecule has 7 nitrogen and oxygen atoms in total. The minimum absolute atomic E-state index is 0.290. The maximum absolute atomic E-state index is 12.8. The summed E-state index contributed by atoms with van der Waals surface area (Å²) in [6.45, 7) is 6.16. The Morgan fingerprint density at radius 2 is 1.61 bits per heavy atom. The Morgan fingerprint density at radius 1 is 0.939 bits per heavy atom. The molecule has 2 aliphatic rings. The lowest BCUT2D eigenvalue weighted by molar-refractivity contribution is 0.0730. The first-order valence-corrected chi connectivity index (χ1v) is 13.0. The lowest BCUT2D eigenvalue weighted by Gasteiger charge is -2.35. The van der Waals surface area contributed by atoms with Crippen LogP contribution in [0.3, 0.4) is 0 Å². The lowest BCUT2D eigenvalue weighted by Crippen LogP contribution is -2.49. The highest BCUT2D eigenvalue weighted by Gasteiger charge is 2.26. The fourth-order valence-corrected chi connectivity index (χ4v) is 5.59. The van der Waals surface area contributed by atoms with Crippen molar-refractivity contribution < 1.29 is 13.2 Å². The number of sulfonamides is 1. The molecule has 0 atom stereocenters. The second-order valence-electron chi connectivity index (χ2n) is 8.07. The minimum atomic E-state index is -3.49. The maximum Gasteiger partial charge on any atom is 0.243 e. The largest absolute Gasteiger partial charge is 0.379 e. The van der Waals surface area contributed by atoms with E-state index in [2.05, 4.69) is 39.4 Å². The first-order valence-electron chi connectivity index (χ1n) is 11.2. The molecule has 0 bridgehead atoms. The molecule has 1 N–H and O–H groups in total. The van der Waals surface area contributed by atoms with E-state index in [0.29, 0.717) is 31.4 Å². The van der Waals surface area contributed by atoms with Crippen LogP contribution in [0.2, 0.25) is 0 Å². The van der Waals surface area contributed by atoms with Gasteiger partial charge in [0.25, 0.3) is 0 Å². The van der Waals surface area contributed by atoms with Crippen molar-refractivity contribution in [3.63, 3.8) is 0 Å². The van der Waals surface area contributed by atoms with Crippen molar-refractivity contribution in [1.82, 2.24) is 14.1 Å². The van der Waals surface area contributed by atoms with E-state index >= 15 is 0 Å². The molecule has 4 rings (SSSR count). The number of ether oxygens (including phenoxy) is 1. The average molecular weight is 487 g/mol. The molecule has 0 amide bonds. The highest BCUT2D eigenvalue weighted by Crippen LogP contribution is 2.20. The second kappa shape index (κ2) is 11.2. The highest BCUT2D eigenvalue weighted by molar-refractivity contribution is 7.89. The van der Waals surface area contributed by atoms with Crippen LogP contribution in [0, 0.1) is 0 Å². The number of piperazine rings is 1. The molecule has 0 unspecified atom stereocenters. The Balaban J connectivity index is 1.25. The molecule has 0 radical (unpaired) electrons. The van der Waals surface area contributed by atoms with E-state index < -0.39 is 10.0 Å². The first kappa shape index (κ1) is 23.8. The fraction of sp³-hybridized carbons (Fsp3) is 0.375. The SMILES string of the molecule is O=S(=O)(c1ccc(NC(=S)N2CCN(C/C=C/c3ccccc3)CC2)cc1)N1CCOCC1. The van der Waals surface area contributed by atoms with Crippen molar-refractivity contribution >= 4 is 39.1 Å². The van der Waals surface area contributed by atoms with E-state index in [1.807, 2.05) is 18.2 Å². The molecule has 9 heteroatoms. The standard InChI is InChI=1S/C24H30N4O3S2/c29-33(30,28-17-19-31-20-18-28)23-10-8-22(9-11-23)25-24(32)27-15-13-26(14-16-27)12-4-7-21-5-2-1-3-6-21/h1-11H,12-20H2,(H,25,32)/b7-4+. The summed E-state index contributed by atoms with van der Waals surface area (Å²) in [6.07, 6.45) is 4.36. The molecule has 176 valence electrons. The number of anilines is 1. The number of morpholine rings is 1. The average Bonchev–Trinajstić information content (AvgIpc) is 2.86. The Labute approximate surface area is 201 Å². The van der Waals surface area contributed by atoms with Crippen LogP contribution in [0.5, 0.6) is 0 Å². The molecule has 0 aliphatic carbocycles. The van der Waals surface area contributed by atoms with Crippen LogP contribution in [0.25, 0.3) is 6.08 Å². The van der Waals surface area contributed by atoms with Gasteiger partial charge in [0.05, 0.1) is 18.1 Å². The molecule has 0 aromatic heterocycles. The summed E-state index contributed by atoms with van der Waals surface area (Å²) in [5, 5.41) is 3.91. The van der Waals surface area contributed by atoms with Gasteiger partial charge in [-0.2, -0.15) is 4.31 Å². The zero-order valence-corrected chi connectivity index (χ0v) is 20.2. The predicted octanol–water partition coefficient (Wildman–Crippen LogP) is 2.74. The highest BCUT2D eigenvalue weighted by atomic mass is 32.2. The third-order valence-corrected chi connectivity index (χ3v) is 8.12. The quantitative estimate of drug-likeness (QED) is 0.630. The summed E-state index contributed by atoms with van der Waals surface area (Å²) in [6, 6.07) is 17.1. The summed E-state index contributed by atoms with van der Waals surface area (Å²) in [7, 11) is -3.49. The van der Waals surface area contributed by atoms with Gasteiger partial charge in [-0.1, -0.05) is 42.5 Å². The smallest absolute Gasteiger partial charge is 0.243 e. The van der Waals surface area contributed by atoms with Gasteiger partial charge in [0.15, 0.2) is 5.11 Å². The van der Waals surface area contributed by atoms with Crippen molar-refractivity contribution in [3.05, 3.63) is 66.2 Å². The van der Waals surface area contributed by atoms with Gasteiger partial charge in [-0.25, -0.2) is 8.42 Å². The van der Waals surface area contributed by atoms with Gasteiger partial charge >= 0.3 is 0 Å². The molecule has 2 fully saturated rings. The summed E-state index contributed by atoms with van der Waals surface area (Å²) >= 11 is 5.60. The summed E-state index contributed by atoms with van der Waals surface area (Å²) in [5.41, 5.74) is 2.00. The van der Waals surface area contributed by atoms with Gasteiger partial charge in [0.2, 0.25) is 10.0 Å². The van der Waals surface area contributed by atoms with Crippen LogP contribution < -0.4 is 5.32 Å². The van der Waals surface area contributed by atoms with Crippen molar-refractivity contribution in [2.24, 2.45) is 0 Å². The zero-order valence-electron chi connectivity index (χ0n) is 18.6. The lowest BCUT2D eigenvalue weighted by atomic mass is 10.2. The minimum Gasteiger partial charge on any atom is -0.379 e. The first-order chi connectivity index (χ1) is 16.0. The molecule has 0 spiro atoms. The Kier molecular flexibility index (Phi) is 8.11. The maximum atomic E-state index is 12.8. The van der Waals surface area contributed by atoms with E-state index in [-0.39, 0.29) is 4.90 Å². The van der Waals surface area contributed by atoms with E-state index in [1.54, 1.807) is 24.3 Å². The summed E-state index contributed by atoms with van der Waals surface area (Å²) in [4.78, 5) is 4.85. The summed E-state index contributed by atoms with van der Waals surface area (Å²) in [5.74, 6) is 0. The molecule has 2 aromatic carbocycles. The topological polar surface area (TPSA) is 65.1 Å². The Bertz CT molecular complexity index is 1040. The van der Waals surface area contributed by atoms with Gasteiger partial charge in [-0.3, -0.25) is 4.90 Å². The van der Waals surface area contributed by atoms with Crippen molar-refractivity contribution in [2.75, 3.05) is 64.3 Å². The predicted molar refractivity (Wildman–Crippen MR) is 136 cm³/mol. The van der Waals surface area contributed by atoms with Crippen LogP contribution in [-0.4, -0.2) is 86.7 Å². The van der Waals surface area contributed by atoms with Crippen LogP contribution in [0.4, 0.5) is 5.69 Å². The van der Waals surface area contributed by atoms with E-state index in [9.17, 15) is 8.42 Å². The Hall–Kier alpha value is -2.30. The molecular formula is C24H30N4O3S2. The van der Waals surface area contributed by atoms with Gasteiger partial charge in [-0.05, 0) is 42.0 Å². The molecule has 2 aliphatic heterocycles. The normalized spacial score (nSPS) is 18.5. The molecule has 2 saturated heterocycles. The van der Waals surface area contributed by atoms with Crippen LogP contribution in [0.1, 0.15) is 5.56 Å².